The highest BCUT2D eigenvalue weighted by Gasteiger charge is 2.21. The summed E-state index contributed by atoms with van der Waals surface area (Å²) < 4.78 is 19.0. The molecule has 0 aliphatic carbocycles. The van der Waals surface area contributed by atoms with E-state index in [1.54, 1.807) is 23.5 Å². The van der Waals surface area contributed by atoms with Crippen molar-refractivity contribution >= 4 is 11.3 Å². The Morgan fingerprint density at radius 2 is 2.05 bits per heavy atom. The van der Waals surface area contributed by atoms with Crippen LogP contribution in [0.15, 0.2) is 35.7 Å². The summed E-state index contributed by atoms with van der Waals surface area (Å²) in [5, 5.41) is 5.42. The predicted molar refractivity (Wildman–Crippen MR) is 82.0 cm³/mol. The van der Waals surface area contributed by atoms with E-state index in [4.69, 9.17) is 4.74 Å². The average Bonchev–Trinajstić information content (AvgIpc) is 2.95. The Bertz CT molecular complexity index is 552. The molecule has 0 aliphatic rings. The highest BCUT2D eigenvalue weighted by atomic mass is 32.1. The maximum Gasteiger partial charge on any atom is 0.169 e. The van der Waals surface area contributed by atoms with Crippen molar-refractivity contribution in [3.05, 3.63) is 52.0 Å². The topological polar surface area (TPSA) is 21.3 Å². The fourth-order valence-corrected chi connectivity index (χ4v) is 2.96. The third-order valence-electron chi connectivity index (χ3n) is 3.33. The van der Waals surface area contributed by atoms with E-state index in [0.29, 0.717) is 17.9 Å². The number of ether oxygens (including phenoxy) is 1. The molecule has 0 spiro atoms. The van der Waals surface area contributed by atoms with Crippen LogP contribution in [0, 0.1) is 5.82 Å². The first kappa shape index (κ1) is 15.0. The van der Waals surface area contributed by atoms with Crippen LogP contribution in [0.1, 0.15) is 24.3 Å². The third kappa shape index (κ3) is 3.38. The number of methoxy groups -OCH3 is 1. The van der Waals surface area contributed by atoms with Crippen LogP contribution in [-0.2, 0) is 12.0 Å². The highest BCUT2D eigenvalue weighted by molar-refractivity contribution is 7.10. The molecule has 0 saturated heterocycles. The van der Waals surface area contributed by atoms with Gasteiger partial charge in [-0.05, 0) is 17.5 Å². The van der Waals surface area contributed by atoms with Crippen LogP contribution in [0.3, 0.4) is 0 Å². The lowest BCUT2D eigenvalue weighted by molar-refractivity contribution is 0.382. The SMILES string of the molecule is COc1cccc(CNCC(C)(C)c2cccs2)c1F. The first-order valence-corrected chi connectivity index (χ1v) is 7.48. The van der Waals surface area contributed by atoms with Gasteiger partial charge in [0, 0.05) is 28.9 Å². The van der Waals surface area contributed by atoms with Gasteiger partial charge in [-0.3, -0.25) is 0 Å². The van der Waals surface area contributed by atoms with Gasteiger partial charge in [0.1, 0.15) is 0 Å². The molecular weight excluding hydrogens is 273 g/mol. The lowest BCUT2D eigenvalue weighted by Gasteiger charge is -2.24. The number of benzene rings is 1. The average molecular weight is 293 g/mol. The molecule has 1 aromatic carbocycles. The van der Waals surface area contributed by atoms with Crippen molar-refractivity contribution in [2.24, 2.45) is 0 Å². The van der Waals surface area contributed by atoms with Gasteiger partial charge in [-0.25, -0.2) is 4.39 Å². The summed E-state index contributed by atoms with van der Waals surface area (Å²) in [4.78, 5) is 1.33. The van der Waals surface area contributed by atoms with Crippen LogP contribution >= 0.6 is 11.3 Å². The zero-order chi connectivity index (χ0) is 14.6. The summed E-state index contributed by atoms with van der Waals surface area (Å²) >= 11 is 1.75. The highest BCUT2D eigenvalue weighted by Crippen LogP contribution is 2.27. The van der Waals surface area contributed by atoms with Gasteiger partial charge in [-0.2, -0.15) is 0 Å². The van der Waals surface area contributed by atoms with E-state index in [9.17, 15) is 4.39 Å². The molecule has 0 radical (unpaired) electrons. The Morgan fingerprint density at radius 3 is 2.70 bits per heavy atom. The molecule has 4 heteroatoms. The Kier molecular flexibility index (Phi) is 4.78. The first-order valence-electron chi connectivity index (χ1n) is 6.60. The molecule has 1 N–H and O–H groups in total. The van der Waals surface area contributed by atoms with Crippen LogP contribution in [0.4, 0.5) is 4.39 Å². The summed E-state index contributed by atoms with van der Waals surface area (Å²) in [7, 11) is 1.48. The number of rotatable bonds is 6. The summed E-state index contributed by atoms with van der Waals surface area (Å²) in [6.07, 6.45) is 0. The van der Waals surface area contributed by atoms with E-state index >= 15 is 0 Å². The standard InChI is InChI=1S/C16H20FNOS/c1-16(2,14-8-5-9-20-14)11-18-10-12-6-4-7-13(19-3)15(12)17/h4-9,18H,10-11H2,1-3H3. The van der Waals surface area contributed by atoms with Crippen LogP contribution in [0.5, 0.6) is 5.75 Å². The van der Waals surface area contributed by atoms with Crippen molar-refractivity contribution < 1.29 is 9.13 Å². The Balaban J connectivity index is 1.97. The molecule has 0 atom stereocenters. The molecule has 108 valence electrons. The van der Waals surface area contributed by atoms with Crippen molar-refractivity contribution in [1.82, 2.24) is 5.32 Å². The number of nitrogens with one attached hydrogen (secondary N) is 1. The molecule has 2 aromatic rings. The number of hydrogen-bond acceptors (Lipinski definition) is 3. The Hall–Kier alpha value is -1.39. The monoisotopic (exact) mass is 293 g/mol. The van der Waals surface area contributed by atoms with Gasteiger partial charge in [-0.1, -0.05) is 32.0 Å². The van der Waals surface area contributed by atoms with Gasteiger partial charge in [0.05, 0.1) is 7.11 Å². The van der Waals surface area contributed by atoms with E-state index in [1.165, 1.54) is 12.0 Å². The summed E-state index contributed by atoms with van der Waals surface area (Å²) in [5.74, 6) is 0.0123. The second-order valence-electron chi connectivity index (χ2n) is 5.40. The van der Waals surface area contributed by atoms with Gasteiger partial charge < -0.3 is 10.1 Å². The molecule has 1 heterocycles. The fourth-order valence-electron chi connectivity index (χ4n) is 2.11. The lowest BCUT2D eigenvalue weighted by Crippen LogP contribution is -2.32. The molecule has 0 fully saturated rings. The second kappa shape index (κ2) is 6.37. The molecule has 0 bridgehead atoms. The van der Waals surface area contributed by atoms with Crippen molar-refractivity contribution in [3.8, 4) is 5.75 Å². The Morgan fingerprint density at radius 1 is 1.25 bits per heavy atom. The van der Waals surface area contributed by atoms with E-state index in [2.05, 4.69) is 36.7 Å². The van der Waals surface area contributed by atoms with E-state index in [-0.39, 0.29) is 11.2 Å². The van der Waals surface area contributed by atoms with Crippen LogP contribution < -0.4 is 10.1 Å². The molecular formula is C16H20FNOS. The lowest BCUT2D eigenvalue weighted by atomic mass is 9.91. The van der Waals surface area contributed by atoms with Crippen molar-refractivity contribution in [2.75, 3.05) is 13.7 Å². The van der Waals surface area contributed by atoms with Crippen molar-refractivity contribution in [2.45, 2.75) is 25.8 Å². The van der Waals surface area contributed by atoms with Crippen LogP contribution in [-0.4, -0.2) is 13.7 Å². The van der Waals surface area contributed by atoms with E-state index < -0.39 is 0 Å². The molecule has 0 unspecified atom stereocenters. The zero-order valence-corrected chi connectivity index (χ0v) is 12.9. The summed E-state index contributed by atoms with van der Waals surface area (Å²) in [6, 6.07) is 9.42. The van der Waals surface area contributed by atoms with Crippen LogP contribution in [0.25, 0.3) is 0 Å². The predicted octanol–water partition coefficient (Wildman–Crippen LogP) is 3.96. The molecule has 1 aromatic heterocycles. The fraction of sp³-hybridized carbons (Fsp3) is 0.375. The zero-order valence-electron chi connectivity index (χ0n) is 12.1. The Labute approximate surface area is 123 Å². The van der Waals surface area contributed by atoms with Crippen molar-refractivity contribution in [3.63, 3.8) is 0 Å². The van der Waals surface area contributed by atoms with E-state index in [0.717, 1.165) is 6.54 Å². The van der Waals surface area contributed by atoms with E-state index in [1.807, 2.05) is 6.07 Å². The minimum Gasteiger partial charge on any atom is -0.494 e. The maximum atomic E-state index is 14.0. The molecule has 0 amide bonds. The number of hydrogen-bond donors (Lipinski definition) is 1. The minimum atomic E-state index is -0.281. The van der Waals surface area contributed by atoms with Gasteiger partial charge in [0.25, 0.3) is 0 Å². The summed E-state index contributed by atoms with van der Waals surface area (Å²) in [5.41, 5.74) is 0.676. The first-order chi connectivity index (χ1) is 9.54. The van der Waals surface area contributed by atoms with Gasteiger partial charge in [-0.15, -0.1) is 11.3 Å². The number of halogens is 1. The quantitative estimate of drug-likeness (QED) is 0.870. The maximum absolute atomic E-state index is 14.0. The van der Waals surface area contributed by atoms with Crippen molar-refractivity contribution in [1.29, 1.82) is 0 Å². The van der Waals surface area contributed by atoms with Gasteiger partial charge >= 0.3 is 0 Å². The summed E-state index contributed by atoms with van der Waals surface area (Å²) in [6.45, 7) is 5.67. The molecule has 0 saturated carbocycles. The molecule has 0 aliphatic heterocycles. The van der Waals surface area contributed by atoms with Gasteiger partial charge in [0.2, 0.25) is 0 Å². The molecule has 2 nitrogen and oxygen atoms in total. The van der Waals surface area contributed by atoms with Crippen LogP contribution in [0.2, 0.25) is 0 Å². The largest absolute Gasteiger partial charge is 0.494 e. The normalized spacial score (nSPS) is 11.6. The van der Waals surface area contributed by atoms with Gasteiger partial charge in [0.15, 0.2) is 11.6 Å². The third-order valence-corrected chi connectivity index (χ3v) is 4.57. The number of thiophene rings is 1. The minimum absolute atomic E-state index is 0.0451. The second-order valence-corrected chi connectivity index (χ2v) is 6.35. The molecule has 2 rings (SSSR count). The molecule has 20 heavy (non-hydrogen) atoms. The smallest absolute Gasteiger partial charge is 0.169 e.